The number of carbonyl (C=O) groups is 1. The van der Waals surface area contributed by atoms with E-state index in [2.05, 4.69) is 0 Å². The number of halogens is 1. The molecule has 3 nitrogen and oxygen atoms in total. The molecule has 4 heteroatoms. The minimum atomic E-state index is -1.11. The molecule has 1 aromatic rings. The number of carbonyl (C=O) groups excluding carboxylic acids is 1. The van der Waals surface area contributed by atoms with E-state index < -0.39 is 12.1 Å². The highest BCUT2D eigenvalue weighted by Crippen LogP contribution is 2.25. The van der Waals surface area contributed by atoms with Gasteiger partial charge in [-0.05, 0) is 18.1 Å². The summed E-state index contributed by atoms with van der Waals surface area (Å²) in [7, 11) is 0. The first-order valence-corrected chi connectivity index (χ1v) is 4.94. The number of hydrogen-bond acceptors (Lipinski definition) is 2. The molecule has 0 aliphatic rings. The molecule has 0 radical (unpaired) electrons. The number of amides is 1. The van der Waals surface area contributed by atoms with Gasteiger partial charge in [0.05, 0.1) is 0 Å². The van der Waals surface area contributed by atoms with Crippen LogP contribution < -0.4 is 11.3 Å². The van der Waals surface area contributed by atoms with E-state index in [4.69, 9.17) is 5.84 Å². The molecule has 0 bridgehead atoms. The van der Waals surface area contributed by atoms with Crippen molar-refractivity contribution >= 4 is 5.91 Å². The Labute approximate surface area is 88.4 Å². The fourth-order valence-electron chi connectivity index (χ4n) is 1.46. The standard InChI is InChI=1S/C11H15FN2O/c1-2-5-10(12)8-6-3-4-7-9(8)11(15)14-13/h3-4,6-7,10H,2,5,13H2,1H3,(H,14,15). The van der Waals surface area contributed by atoms with Crippen LogP contribution in [-0.4, -0.2) is 5.91 Å². The lowest BCUT2D eigenvalue weighted by Gasteiger charge is -2.11. The van der Waals surface area contributed by atoms with E-state index in [9.17, 15) is 9.18 Å². The van der Waals surface area contributed by atoms with Gasteiger partial charge in [0.25, 0.3) is 5.91 Å². The van der Waals surface area contributed by atoms with E-state index in [-0.39, 0.29) is 0 Å². The second kappa shape index (κ2) is 5.46. The van der Waals surface area contributed by atoms with Crippen LogP contribution in [0.4, 0.5) is 4.39 Å². The summed E-state index contributed by atoms with van der Waals surface area (Å²) in [4.78, 5) is 11.3. The molecule has 15 heavy (non-hydrogen) atoms. The van der Waals surface area contributed by atoms with Crippen molar-refractivity contribution in [3.63, 3.8) is 0 Å². The lowest BCUT2D eigenvalue weighted by Crippen LogP contribution is -2.30. The number of nitrogens with one attached hydrogen (secondary N) is 1. The highest BCUT2D eigenvalue weighted by atomic mass is 19.1. The van der Waals surface area contributed by atoms with Crippen LogP contribution >= 0.6 is 0 Å². The van der Waals surface area contributed by atoms with Gasteiger partial charge in [0.2, 0.25) is 0 Å². The largest absolute Gasteiger partial charge is 0.290 e. The van der Waals surface area contributed by atoms with Gasteiger partial charge in [0.1, 0.15) is 6.17 Å². The molecule has 0 aliphatic heterocycles. The SMILES string of the molecule is CCCC(F)c1ccccc1C(=O)NN. The molecule has 1 unspecified atom stereocenters. The van der Waals surface area contributed by atoms with Crippen LogP contribution in [-0.2, 0) is 0 Å². The molecule has 1 rings (SSSR count). The Morgan fingerprint density at radius 2 is 2.20 bits per heavy atom. The molecule has 0 saturated carbocycles. The number of benzene rings is 1. The molecule has 0 aliphatic carbocycles. The maximum absolute atomic E-state index is 13.7. The van der Waals surface area contributed by atoms with Crippen molar-refractivity contribution in [2.45, 2.75) is 25.9 Å². The summed E-state index contributed by atoms with van der Waals surface area (Å²) in [6.45, 7) is 1.90. The third kappa shape index (κ3) is 2.76. The van der Waals surface area contributed by atoms with Crippen molar-refractivity contribution in [3.05, 3.63) is 35.4 Å². The molecular formula is C11H15FN2O. The number of rotatable bonds is 4. The quantitative estimate of drug-likeness (QED) is 0.454. The molecule has 3 N–H and O–H groups in total. The molecule has 1 aromatic carbocycles. The zero-order valence-electron chi connectivity index (χ0n) is 8.66. The maximum atomic E-state index is 13.7. The predicted molar refractivity (Wildman–Crippen MR) is 56.9 cm³/mol. The van der Waals surface area contributed by atoms with E-state index in [1.54, 1.807) is 24.3 Å². The van der Waals surface area contributed by atoms with Gasteiger partial charge in [0, 0.05) is 5.56 Å². The predicted octanol–water partition coefficient (Wildman–Crippen LogP) is 2.10. The number of hydrazine groups is 1. The number of hydrogen-bond donors (Lipinski definition) is 2. The first-order chi connectivity index (χ1) is 7.20. The minimum Gasteiger partial charge on any atom is -0.290 e. The first kappa shape index (κ1) is 11.7. The number of alkyl halides is 1. The Bertz CT molecular complexity index is 341. The highest BCUT2D eigenvalue weighted by molar-refractivity contribution is 5.95. The summed E-state index contributed by atoms with van der Waals surface area (Å²) in [6.07, 6.45) is 0.0396. The summed E-state index contributed by atoms with van der Waals surface area (Å²) in [5.41, 5.74) is 2.72. The Hall–Kier alpha value is -1.42. The Morgan fingerprint density at radius 1 is 1.53 bits per heavy atom. The molecule has 82 valence electrons. The van der Waals surface area contributed by atoms with Crippen molar-refractivity contribution in [2.24, 2.45) is 5.84 Å². The summed E-state index contributed by atoms with van der Waals surface area (Å²) >= 11 is 0. The second-order valence-corrected chi connectivity index (χ2v) is 3.32. The number of nitrogens with two attached hydrogens (primary N) is 1. The van der Waals surface area contributed by atoms with Gasteiger partial charge >= 0.3 is 0 Å². The molecule has 0 heterocycles. The van der Waals surface area contributed by atoms with E-state index in [1.165, 1.54) is 0 Å². The molecule has 0 fully saturated rings. The van der Waals surface area contributed by atoms with Crippen LogP contribution in [0.15, 0.2) is 24.3 Å². The fourth-order valence-corrected chi connectivity index (χ4v) is 1.46. The van der Waals surface area contributed by atoms with Gasteiger partial charge in [-0.25, -0.2) is 10.2 Å². The Kier molecular flexibility index (Phi) is 4.24. The van der Waals surface area contributed by atoms with E-state index in [0.717, 1.165) is 6.42 Å². The number of nitrogen functional groups attached to an aromatic ring is 1. The zero-order valence-corrected chi connectivity index (χ0v) is 8.66. The molecule has 1 amide bonds. The second-order valence-electron chi connectivity index (χ2n) is 3.32. The fraction of sp³-hybridized carbons (Fsp3) is 0.364. The van der Waals surface area contributed by atoms with Crippen LogP contribution in [0.5, 0.6) is 0 Å². The van der Waals surface area contributed by atoms with Gasteiger partial charge in [-0.15, -0.1) is 0 Å². The summed E-state index contributed by atoms with van der Waals surface area (Å²) in [5, 5.41) is 0. The normalized spacial score (nSPS) is 12.2. The van der Waals surface area contributed by atoms with Crippen molar-refractivity contribution in [1.82, 2.24) is 5.43 Å². The topological polar surface area (TPSA) is 55.1 Å². The van der Waals surface area contributed by atoms with Gasteiger partial charge in [-0.1, -0.05) is 31.5 Å². The summed E-state index contributed by atoms with van der Waals surface area (Å²) in [5.74, 6) is 4.57. The zero-order chi connectivity index (χ0) is 11.3. The Balaban J connectivity index is 3.00. The van der Waals surface area contributed by atoms with Crippen molar-refractivity contribution < 1.29 is 9.18 Å². The molecule has 0 saturated heterocycles. The van der Waals surface area contributed by atoms with Crippen molar-refractivity contribution in [2.75, 3.05) is 0 Å². The molecule has 1 atom stereocenters. The first-order valence-electron chi connectivity index (χ1n) is 4.94. The highest BCUT2D eigenvalue weighted by Gasteiger charge is 2.16. The molecular weight excluding hydrogens is 195 g/mol. The third-order valence-corrected chi connectivity index (χ3v) is 2.22. The van der Waals surface area contributed by atoms with Gasteiger partial charge in [-0.2, -0.15) is 0 Å². The van der Waals surface area contributed by atoms with Crippen molar-refractivity contribution in [1.29, 1.82) is 0 Å². The smallest absolute Gasteiger partial charge is 0.265 e. The van der Waals surface area contributed by atoms with Crippen molar-refractivity contribution in [3.8, 4) is 0 Å². The summed E-state index contributed by atoms with van der Waals surface area (Å²) in [6, 6.07) is 6.59. The minimum absolute atomic E-state index is 0.306. The lowest BCUT2D eigenvalue weighted by molar-refractivity contribution is 0.0950. The van der Waals surface area contributed by atoms with E-state index in [0.29, 0.717) is 17.5 Å². The lowest BCUT2D eigenvalue weighted by atomic mass is 10.00. The van der Waals surface area contributed by atoms with E-state index in [1.807, 2.05) is 12.3 Å². The Morgan fingerprint density at radius 3 is 2.80 bits per heavy atom. The monoisotopic (exact) mass is 210 g/mol. The average molecular weight is 210 g/mol. The van der Waals surface area contributed by atoms with Crippen LogP contribution in [0.2, 0.25) is 0 Å². The average Bonchev–Trinajstić information content (AvgIpc) is 2.28. The van der Waals surface area contributed by atoms with Gasteiger partial charge in [0.15, 0.2) is 0 Å². The van der Waals surface area contributed by atoms with Crippen LogP contribution in [0, 0.1) is 0 Å². The van der Waals surface area contributed by atoms with Crippen LogP contribution in [0.3, 0.4) is 0 Å². The van der Waals surface area contributed by atoms with Gasteiger partial charge < -0.3 is 0 Å². The van der Waals surface area contributed by atoms with E-state index >= 15 is 0 Å². The summed E-state index contributed by atoms with van der Waals surface area (Å²) < 4.78 is 13.7. The van der Waals surface area contributed by atoms with Crippen LogP contribution in [0.1, 0.15) is 41.9 Å². The van der Waals surface area contributed by atoms with Crippen LogP contribution in [0.25, 0.3) is 0 Å². The third-order valence-electron chi connectivity index (χ3n) is 2.22. The molecule has 0 spiro atoms. The van der Waals surface area contributed by atoms with Gasteiger partial charge in [-0.3, -0.25) is 10.2 Å². The maximum Gasteiger partial charge on any atom is 0.265 e. The molecule has 0 aromatic heterocycles.